The summed E-state index contributed by atoms with van der Waals surface area (Å²) in [6, 6.07) is 19.7. The van der Waals surface area contributed by atoms with Gasteiger partial charge >= 0.3 is 0 Å². The van der Waals surface area contributed by atoms with Crippen LogP contribution in [0.25, 0.3) is 0 Å². The molecule has 3 rings (SSSR count). The maximum absolute atomic E-state index is 12.5. The van der Waals surface area contributed by atoms with Crippen LogP contribution in [0.2, 0.25) is 0 Å². The second kappa shape index (κ2) is 8.64. The summed E-state index contributed by atoms with van der Waals surface area (Å²) in [4.78, 5) is 13.9. The van der Waals surface area contributed by atoms with E-state index in [1.165, 1.54) is 23.3 Å². The monoisotopic (exact) mass is 348 g/mol. The summed E-state index contributed by atoms with van der Waals surface area (Å²) < 4.78 is 0. The Morgan fingerprint density at radius 3 is 2.42 bits per heavy atom. The van der Waals surface area contributed by atoms with Crippen molar-refractivity contribution in [3.05, 3.63) is 65.7 Å². The van der Waals surface area contributed by atoms with Crippen molar-refractivity contribution in [2.75, 3.05) is 18.4 Å². The van der Waals surface area contributed by atoms with E-state index < -0.39 is 0 Å². The largest absolute Gasteiger partial charge is 0.325 e. The molecule has 1 atom stereocenters. The number of piperidine rings is 1. The molecule has 0 aliphatic carbocycles. The number of hydrogen-bond donors (Lipinski definition) is 2. The maximum Gasteiger partial charge on any atom is 0.282 e. The van der Waals surface area contributed by atoms with Gasteiger partial charge in [0.2, 0.25) is 0 Å². The Labute approximate surface area is 155 Å². The smallest absolute Gasteiger partial charge is 0.282 e. The molecule has 0 unspecified atom stereocenters. The molecule has 0 aromatic heterocycles. The summed E-state index contributed by atoms with van der Waals surface area (Å²) in [5.41, 5.74) is 2.76. The molecule has 4 heteroatoms. The number of carbonyl (C=O) groups excluding carboxylic acids is 1. The molecule has 2 aromatic rings. The lowest BCUT2D eigenvalue weighted by molar-refractivity contribution is -0.919. The van der Waals surface area contributed by atoms with Crippen LogP contribution in [0.3, 0.4) is 0 Å². The molecule has 1 aliphatic rings. The number of benzene rings is 2. The Kier molecular flexibility index (Phi) is 6.04. The fourth-order valence-corrected chi connectivity index (χ4v) is 3.70. The van der Waals surface area contributed by atoms with Gasteiger partial charge < -0.3 is 10.2 Å². The van der Waals surface area contributed by atoms with Crippen molar-refractivity contribution in [1.29, 1.82) is 5.26 Å². The van der Waals surface area contributed by atoms with Gasteiger partial charge in [0.25, 0.3) is 5.91 Å². The van der Waals surface area contributed by atoms with Crippen molar-refractivity contribution in [2.24, 2.45) is 5.92 Å². The van der Waals surface area contributed by atoms with Crippen LogP contribution in [0.5, 0.6) is 0 Å². The standard InChI is InChI=1S/C22H25N3O/c1-17(22(26)24-21-9-7-20(16-23)8-10-21)25-13-11-19(12-14-25)15-18-5-3-2-4-6-18/h2-10,17,19H,11-15H2,1H3,(H,24,26)/p+1/t17-/m0/s1. The average molecular weight is 348 g/mol. The van der Waals surface area contributed by atoms with Crippen molar-refractivity contribution >= 4 is 11.6 Å². The molecule has 0 spiro atoms. The summed E-state index contributed by atoms with van der Waals surface area (Å²) in [5, 5.41) is 11.8. The molecule has 2 N–H and O–H groups in total. The topological polar surface area (TPSA) is 57.3 Å². The number of carbonyl (C=O) groups is 1. The van der Waals surface area contributed by atoms with E-state index in [9.17, 15) is 4.79 Å². The van der Waals surface area contributed by atoms with E-state index in [0.717, 1.165) is 31.1 Å². The SMILES string of the molecule is C[C@@H](C(=O)Nc1ccc(C#N)cc1)[NH+]1CCC(Cc2ccccc2)CC1. The number of likely N-dealkylation sites (tertiary alicyclic amines) is 1. The van der Waals surface area contributed by atoms with Crippen molar-refractivity contribution in [2.45, 2.75) is 32.2 Å². The van der Waals surface area contributed by atoms with Crippen molar-refractivity contribution in [1.82, 2.24) is 0 Å². The predicted octanol–water partition coefficient (Wildman–Crippen LogP) is 2.42. The third-order valence-electron chi connectivity index (χ3n) is 5.40. The summed E-state index contributed by atoms with van der Waals surface area (Å²) in [6.07, 6.45) is 3.47. The molecule has 0 radical (unpaired) electrons. The molecule has 134 valence electrons. The Morgan fingerprint density at radius 2 is 1.81 bits per heavy atom. The number of hydrogen-bond acceptors (Lipinski definition) is 2. The lowest BCUT2D eigenvalue weighted by Crippen LogP contribution is -3.17. The van der Waals surface area contributed by atoms with Crippen LogP contribution in [0.1, 0.15) is 30.9 Å². The molecule has 0 bridgehead atoms. The highest BCUT2D eigenvalue weighted by molar-refractivity contribution is 5.93. The van der Waals surface area contributed by atoms with Crippen LogP contribution in [0.4, 0.5) is 5.69 Å². The van der Waals surface area contributed by atoms with E-state index in [1.54, 1.807) is 24.3 Å². The van der Waals surface area contributed by atoms with Gasteiger partial charge in [-0.2, -0.15) is 5.26 Å². The molecule has 1 aliphatic heterocycles. The van der Waals surface area contributed by atoms with Gasteiger partial charge in [0.05, 0.1) is 24.7 Å². The molecule has 2 aromatic carbocycles. The summed E-state index contributed by atoms with van der Waals surface area (Å²) in [5.74, 6) is 0.765. The van der Waals surface area contributed by atoms with E-state index >= 15 is 0 Å². The summed E-state index contributed by atoms with van der Waals surface area (Å²) >= 11 is 0. The van der Waals surface area contributed by atoms with Crippen LogP contribution < -0.4 is 10.2 Å². The van der Waals surface area contributed by atoms with E-state index in [4.69, 9.17) is 5.26 Å². The number of nitriles is 1. The molecule has 4 nitrogen and oxygen atoms in total. The highest BCUT2D eigenvalue weighted by Crippen LogP contribution is 2.17. The molecule has 26 heavy (non-hydrogen) atoms. The zero-order chi connectivity index (χ0) is 18.4. The van der Waals surface area contributed by atoms with Gasteiger partial charge in [-0.3, -0.25) is 4.79 Å². The molecule has 1 fully saturated rings. The van der Waals surface area contributed by atoms with E-state index in [0.29, 0.717) is 5.56 Å². The quantitative estimate of drug-likeness (QED) is 0.872. The average Bonchev–Trinajstić information content (AvgIpc) is 2.69. The number of amides is 1. The first-order chi connectivity index (χ1) is 12.7. The number of nitrogens with one attached hydrogen (secondary N) is 2. The molecular formula is C22H26N3O+. The van der Waals surface area contributed by atoms with Crippen LogP contribution in [0.15, 0.2) is 54.6 Å². The first-order valence-corrected chi connectivity index (χ1v) is 9.35. The zero-order valence-corrected chi connectivity index (χ0v) is 15.2. The fraction of sp³-hybridized carbons (Fsp3) is 0.364. The van der Waals surface area contributed by atoms with E-state index in [-0.39, 0.29) is 11.9 Å². The third kappa shape index (κ3) is 4.71. The van der Waals surface area contributed by atoms with E-state index in [1.807, 2.05) is 6.92 Å². The van der Waals surface area contributed by atoms with Gasteiger partial charge in [0.1, 0.15) is 0 Å². The maximum atomic E-state index is 12.5. The van der Waals surface area contributed by atoms with Crippen LogP contribution in [-0.2, 0) is 11.2 Å². The lowest BCUT2D eigenvalue weighted by atomic mass is 9.89. The Hall–Kier alpha value is -2.64. The Morgan fingerprint density at radius 1 is 1.15 bits per heavy atom. The molecule has 0 saturated carbocycles. The second-order valence-electron chi connectivity index (χ2n) is 7.19. The molecule has 1 saturated heterocycles. The van der Waals surface area contributed by atoms with Gasteiger partial charge in [-0.05, 0) is 61.9 Å². The summed E-state index contributed by atoms with van der Waals surface area (Å²) in [7, 11) is 0. The normalized spacial score (nSPS) is 20.8. The number of quaternary nitrogens is 1. The van der Waals surface area contributed by atoms with Gasteiger partial charge in [-0.15, -0.1) is 0 Å². The van der Waals surface area contributed by atoms with Crippen molar-refractivity contribution < 1.29 is 9.69 Å². The van der Waals surface area contributed by atoms with Crippen LogP contribution in [0, 0.1) is 17.2 Å². The highest BCUT2D eigenvalue weighted by Gasteiger charge is 2.30. The van der Waals surface area contributed by atoms with Gasteiger partial charge in [0, 0.05) is 5.69 Å². The molecule has 1 amide bonds. The zero-order valence-electron chi connectivity index (χ0n) is 15.2. The second-order valence-corrected chi connectivity index (χ2v) is 7.19. The summed E-state index contributed by atoms with van der Waals surface area (Å²) in [6.45, 7) is 4.09. The van der Waals surface area contributed by atoms with Crippen molar-refractivity contribution in [3.63, 3.8) is 0 Å². The highest BCUT2D eigenvalue weighted by atomic mass is 16.2. The van der Waals surface area contributed by atoms with Crippen LogP contribution in [-0.4, -0.2) is 25.0 Å². The molecule has 1 heterocycles. The van der Waals surface area contributed by atoms with Crippen LogP contribution >= 0.6 is 0 Å². The van der Waals surface area contributed by atoms with Gasteiger partial charge in [-0.25, -0.2) is 0 Å². The van der Waals surface area contributed by atoms with Crippen molar-refractivity contribution in [3.8, 4) is 6.07 Å². The predicted molar refractivity (Wildman–Crippen MR) is 103 cm³/mol. The first-order valence-electron chi connectivity index (χ1n) is 9.35. The first kappa shape index (κ1) is 18.2. The minimum Gasteiger partial charge on any atom is -0.325 e. The lowest BCUT2D eigenvalue weighted by Gasteiger charge is -2.32. The Bertz CT molecular complexity index is 756. The fourth-order valence-electron chi connectivity index (χ4n) is 3.70. The third-order valence-corrected chi connectivity index (χ3v) is 5.40. The minimum atomic E-state index is -0.0664. The number of anilines is 1. The number of nitrogens with zero attached hydrogens (tertiary/aromatic N) is 1. The van der Waals surface area contributed by atoms with Gasteiger partial charge in [0.15, 0.2) is 6.04 Å². The van der Waals surface area contributed by atoms with E-state index in [2.05, 4.69) is 41.7 Å². The Balaban J connectivity index is 1.48. The molecular weight excluding hydrogens is 322 g/mol. The number of rotatable bonds is 5. The van der Waals surface area contributed by atoms with Gasteiger partial charge in [-0.1, -0.05) is 30.3 Å². The minimum absolute atomic E-state index is 0.0474.